The van der Waals surface area contributed by atoms with Crippen molar-refractivity contribution in [3.63, 3.8) is 0 Å². The van der Waals surface area contributed by atoms with Gasteiger partial charge < -0.3 is 15.2 Å². The average Bonchev–Trinajstić information content (AvgIpc) is 3.55. The number of amides is 1. The number of carbonyl (C=O) groups is 1. The van der Waals surface area contributed by atoms with Gasteiger partial charge in [-0.25, -0.2) is 19.6 Å². The summed E-state index contributed by atoms with van der Waals surface area (Å²) in [5.74, 6) is 0.784. The van der Waals surface area contributed by atoms with Crippen molar-refractivity contribution in [1.29, 1.82) is 0 Å². The molecule has 1 aliphatic rings. The number of nitrogens with one attached hydrogen (secondary N) is 2. The van der Waals surface area contributed by atoms with E-state index in [1.54, 1.807) is 0 Å². The molecule has 1 atom stereocenters. The van der Waals surface area contributed by atoms with E-state index in [9.17, 15) is 4.79 Å². The van der Waals surface area contributed by atoms with Crippen LogP contribution in [0.1, 0.15) is 51.4 Å². The lowest BCUT2D eigenvalue weighted by molar-refractivity contribution is -0.137. The molecular weight excluding hydrogens is 428 g/mol. The lowest BCUT2D eigenvalue weighted by Crippen LogP contribution is -2.41. The zero-order chi connectivity index (χ0) is 23.7. The number of aryl methyl sites for hydroxylation is 1. The highest BCUT2D eigenvalue weighted by atomic mass is 16.2. The number of pyridine rings is 1. The number of likely N-dealkylation sites (tertiary alicyclic amines) is 1. The molecule has 2 N–H and O–H groups in total. The van der Waals surface area contributed by atoms with Crippen molar-refractivity contribution >= 4 is 22.9 Å². The summed E-state index contributed by atoms with van der Waals surface area (Å²) in [5.41, 5.74) is 5.57. The molecule has 34 heavy (non-hydrogen) atoms. The average molecular weight is 459 g/mol. The van der Waals surface area contributed by atoms with Crippen LogP contribution in [-0.2, 0) is 11.2 Å². The van der Waals surface area contributed by atoms with E-state index in [1.165, 1.54) is 0 Å². The maximum absolute atomic E-state index is 12.5. The molecule has 0 aromatic carbocycles. The van der Waals surface area contributed by atoms with Crippen LogP contribution in [0.2, 0.25) is 0 Å². The molecule has 0 radical (unpaired) electrons. The topological polar surface area (TPSA) is 105 Å². The number of nitrogens with zero attached hydrogens (tertiary/aromatic N) is 6. The van der Waals surface area contributed by atoms with Crippen LogP contribution in [0.4, 0.5) is 5.95 Å². The number of hydrogen-bond acceptors (Lipinski definition) is 6. The van der Waals surface area contributed by atoms with Crippen molar-refractivity contribution in [3.8, 4) is 22.4 Å². The normalized spacial score (nSPS) is 16.2. The van der Waals surface area contributed by atoms with Crippen LogP contribution in [0.5, 0.6) is 0 Å². The van der Waals surface area contributed by atoms with Gasteiger partial charge >= 0.3 is 0 Å². The first-order chi connectivity index (χ1) is 16.6. The molecule has 1 amide bonds. The second-order valence-electron chi connectivity index (χ2n) is 8.62. The van der Waals surface area contributed by atoms with Gasteiger partial charge in [0.15, 0.2) is 0 Å². The fraction of sp³-hybridized carbons (Fsp3) is 0.400. The van der Waals surface area contributed by atoms with E-state index in [0.29, 0.717) is 12.4 Å². The predicted octanol–water partition coefficient (Wildman–Crippen LogP) is 4.41. The van der Waals surface area contributed by atoms with Crippen LogP contribution in [-0.4, -0.2) is 54.1 Å². The molecule has 0 bridgehead atoms. The third kappa shape index (κ3) is 4.02. The van der Waals surface area contributed by atoms with E-state index in [0.717, 1.165) is 71.3 Å². The molecule has 0 saturated carbocycles. The van der Waals surface area contributed by atoms with Crippen LogP contribution in [0.15, 0.2) is 36.9 Å². The Bertz CT molecular complexity index is 1300. The van der Waals surface area contributed by atoms with E-state index in [4.69, 9.17) is 0 Å². The second kappa shape index (κ2) is 9.24. The number of carbonyl (C=O) groups excluding carboxylic acids is 1. The molecule has 4 aromatic rings. The predicted molar refractivity (Wildman–Crippen MR) is 132 cm³/mol. The van der Waals surface area contributed by atoms with Crippen molar-refractivity contribution in [2.75, 3.05) is 18.9 Å². The number of H-pyrrole nitrogens is 1. The van der Waals surface area contributed by atoms with Gasteiger partial charge in [0.2, 0.25) is 11.9 Å². The summed E-state index contributed by atoms with van der Waals surface area (Å²) < 4.78 is 1.93. The van der Waals surface area contributed by atoms with Crippen molar-refractivity contribution < 1.29 is 4.79 Å². The first-order valence-electron chi connectivity index (χ1n) is 12.0. The highest BCUT2D eigenvalue weighted by Gasteiger charge is 2.27. The third-order valence-electron chi connectivity index (χ3n) is 6.51. The van der Waals surface area contributed by atoms with Gasteiger partial charge in [0.25, 0.3) is 0 Å². The second-order valence-corrected chi connectivity index (χ2v) is 8.62. The van der Waals surface area contributed by atoms with Crippen molar-refractivity contribution in [3.05, 3.63) is 42.6 Å². The standard InChI is InChI=1S/C25H30N8O/c1-4-18-11-21(31-25(26-3)30-18)20-14-28-24-19(20)10-16(12-27-24)17-13-29-33(15-17)22-8-6-7-9-32(22)23(34)5-2/h10-15,22H,4-9H2,1-3H3,(H,27,28)(H,26,30,31). The molecule has 5 heterocycles. The molecule has 0 aliphatic carbocycles. The molecule has 5 rings (SSSR count). The lowest BCUT2D eigenvalue weighted by atomic mass is 10.1. The Labute approximate surface area is 198 Å². The molecule has 0 spiro atoms. The Morgan fingerprint density at radius 1 is 1.18 bits per heavy atom. The van der Waals surface area contributed by atoms with Crippen LogP contribution in [0.25, 0.3) is 33.4 Å². The molecule has 1 aliphatic heterocycles. The monoisotopic (exact) mass is 458 g/mol. The number of aromatic nitrogens is 6. The van der Waals surface area contributed by atoms with Gasteiger partial charge in [0.05, 0.1) is 11.9 Å². The van der Waals surface area contributed by atoms with Crippen LogP contribution >= 0.6 is 0 Å². The highest BCUT2D eigenvalue weighted by Crippen LogP contribution is 2.32. The van der Waals surface area contributed by atoms with Crippen molar-refractivity contribution in [2.24, 2.45) is 0 Å². The van der Waals surface area contributed by atoms with E-state index in [2.05, 4.69) is 43.3 Å². The number of fused-ring (bicyclic) bond motifs is 1. The quantitative estimate of drug-likeness (QED) is 0.443. The van der Waals surface area contributed by atoms with E-state index < -0.39 is 0 Å². The van der Waals surface area contributed by atoms with E-state index in [1.807, 2.05) is 54.4 Å². The van der Waals surface area contributed by atoms with Gasteiger partial charge in [0, 0.05) is 66.4 Å². The molecule has 9 nitrogen and oxygen atoms in total. The summed E-state index contributed by atoms with van der Waals surface area (Å²) in [6.07, 6.45) is 12.1. The number of hydrogen-bond donors (Lipinski definition) is 2. The van der Waals surface area contributed by atoms with Gasteiger partial charge in [-0.05, 0) is 37.8 Å². The van der Waals surface area contributed by atoms with Crippen LogP contribution < -0.4 is 5.32 Å². The SMILES string of the molecule is CCC(=O)N1CCCCC1n1cc(-c2cnc3[nH]cc(-c4cc(CC)nc(NC)n4)c3c2)cn1. The van der Waals surface area contributed by atoms with Gasteiger partial charge in [-0.2, -0.15) is 5.10 Å². The Morgan fingerprint density at radius 3 is 2.85 bits per heavy atom. The molecular formula is C25H30N8O. The maximum atomic E-state index is 12.5. The highest BCUT2D eigenvalue weighted by molar-refractivity contribution is 5.95. The maximum Gasteiger partial charge on any atom is 0.223 e. The van der Waals surface area contributed by atoms with Gasteiger partial charge in [-0.1, -0.05) is 13.8 Å². The Balaban J connectivity index is 1.51. The fourth-order valence-electron chi connectivity index (χ4n) is 4.63. The minimum Gasteiger partial charge on any atom is -0.357 e. The lowest BCUT2D eigenvalue weighted by Gasteiger charge is -2.35. The largest absolute Gasteiger partial charge is 0.357 e. The molecule has 176 valence electrons. The Kier molecular flexibility index (Phi) is 6.00. The molecule has 1 fully saturated rings. The Morgan fingerprint density at radius 2 is 2.06 bits per heavy atom. The first kappa shape index (κ1) is 22.1. The molecule has 4 aromatic heterocycles. The zero-order valence-corrected chi connectivity index (χ0v) is 19.9. The third-order valence-corrected chi connectivity index (χ3v) is 6.51. The minimum absolute atomic E-state index is 0.0251. The zero-order valence-electron chi connectivity index (χ0n) is 19.9. The van der Waals surface area contributed by atoms with Gasteiger partial charge in [-0.15, -0.1) is 0 Å². The number of piperidine rings is 1. The van der Waals surface area contributed by atoms with Crippen LogP contribution in [0.3, 0.4) is 0 Å². The first-order valence-corrected chi connectivity index (χ1v) is 12.0. The minimum atomic E-state index is -0.0251. The summed E-state index contributed by atoms with van der Waals surface area (Å²) >= 11 is 0. The molecule has 9 heteroatoms. The number of aromatic amines is 1. The number of anilines is 1. The van der Waals surface area contributed by atoms with Gasteiger partial charge in [0.1, 0.15) is 11.8 Å². The van der Waals surface area contributed by atoms with Crippen molar-refractivity contribution in [1.82, 2.24) is 34.6 Å². The summed E-state index contributed by atoms with van der Waals surface area (Å²) in [6.45, 7) is 4.79. The van der Waals surface area contributed by atoms with Gasteiger partial charge in [-0.3, -0.25) is 4.79 Å². The fourth-order valence-corrected chi connectivity index (χ4v) is 4.63. The van der Waals surface area contributed by atoms with E-state index >= 15 is 0 Å². The molecule has 1 unspecified atom stereocenters. The van der Waals surface area contributed by atoms with Crippen molar-refractivity contribution in [2.45, 2.75) is 52.1 Å². The summed E-state index contributed by atoms with van der Waals surface area (Å²) in [7, 11) is 1.83. The summed E-state index contributed by atoms with van der Waals surface area (Å²) in [4.78, 5) is 31.5. The Hall–Kier alpha value is -3.75. The van der Waals surface area contributed by atoms with Crippen LogP contribution in [0, 0.1) is 0 Å². The van der Waals surface area contributed by atoms with E-state index in [-0.39, 0.29) is 12.1 Å². The number of rotatable bonds is 6. The molecule has 1 saturated heterocycles. The smallest absolute Gasteiger partial charge is 0.223 e. The summed E-state index contributed by atoms with van der Waals surface area (Å²) in [6, 6.07) is 4.15. The summed E-state index contributed by atoms with van der Waals surface area (Å²) in [5, 5.41) is 8.68.